The second-order valence-electron chi connectivity index (χ2n) is 6.18. The maximum atomic E-state index is 14.0. The Hall–Kier alpha value is -3.29. The van der Waals surface area contributed by atoms with E-state index in [1.165, 1.54) is 12.3 Å². The number of nitrogens with one attached hydrogen (secondary N) is 1. The van der Waals surface area contributed by atoms with Crippen molar-refractivity contribution in [2.24, 2.45) is 5.10 Å². The molecular weight excluding hydrogens is 350 g/mol. The SMILES string of the molecule is Fc1ccccc1-n1cccc1/C=N/Nc1ncc(F)c(N2CCCC2)n1. The fourth-order valence-corrected chi connectivity index (χ4v) is 3.08. The van der Waals surface area contributed by atoms with Crippen LogP contribution in [0.5, 0.6) is 0 Å². The lowest BCUT2D eigenvalue weighted by Crippen LogP contribution is -2.21. The van der Waals surface area contributed by atoms with Gasteiger partial charge in [0, 0.05) is 19.3 Å². The van der Waals surface area contributed by atoms with Gasteiger partial charge in [-0.3, -0.25) is 0 Å². The predicted octanol–water partition coefficient (Wildman–Crippen LogP) is 3.59. The van der Waals surface area contributed by atoms with Crippen LogP contribution in [0.2, 0.25) is 0 Å². The van der Waals surface area contributed by atoms with Crippen LogP contribution in [-0.4, -0.2) is 33.8 Å². The molecular formula is C19H18F2N6. The molecule has 27 heavy (non-hydrogen) atoms. The molecule has 138 valence electrons. The summed E-state index contributed by atoms with van der Waals surface area (Å²) in [5.74, 6) is -0.276. The Morgan fingerprint density at radius 1 is 1.04 bits per heavy atom. The third-order valence-electron chi connectivity index (χ3n) is 4.38. The Kier molecular flexibility index (Phi) is 4.78. The van der Waals surface area contributed by atoms with Gasteiger partial charge in [-0.25, -0.2) is 19.2 Å². The van der Waals surface area contributed by atoms with Gasteiger partial charge in [0.1, 0.15) is 5.82 Å². The lowest BCUT2D eigenvalue weighted by molar-refractivity contribution is 0.608. The Morgan fingerprint density at radius 2 is 1.85 bits per heavy atom. The first-order valence-corrected chi connectivity index (χ1v) is 8.71. The molecule has 1 aliphatic heterocycles. The largest absolute Gasteiger partial charge is 0.354 e. The lowest BCUT2D eigenvalue weighted by Gasteiger charge is -2.16. The van der Waals surface area contributed by atoms with E-state index in [9.17, 15) is 8.78 Å². The zero-order chi connectivity index (χ0) is 18.6. The average Bonchev–Trinajstić information content (AvgIpc) is 3.36. The molecule has 0 unspecified atom stereocenters. The molecule has 3 aromatic rings. The molecule has 6 nitrogen and oxygen atoms in total. The second kappa shape index (κ2) is 7.53. The Balaban J connectivity index is 1.52. The normalized spacial score (nSPS) is 14.2. The fraction of sp³-hybridized carbons (Fsp3) is 0.211. The molecule has 3 heterocycles. The fourth-order valence-electron chi connectivity index (χ4n) is 3.08. The van der Waals surface area contributed by atoms with Crippen molar-refractivity contribution >= 4 is 18.0 Å². The van der Waals surface area contributed by atoms with Gasteiger partial charge in [0.15, 0.2) is 11.6 Å². The monoisotopic (exact) mass is 368 g/mol. The number of hydrogen-bond donors (Lipinski definition) is 1. The molecule has 2 aromatic heterocycles. The number of rotatable bonds is 5. The van der Waals surface area contributed by atoms with E-state index in [0.717, 1.165) is 32.1 Å². The van der Waals surface area contributed by atoms with Crippen molar-refractivity contribution in [3.05, 3.63) is 66.1 Å². The molecule has 1 N–H and O–H groups in total. The summed E-state index contributed by atoms with van der Waals surface area (Å²) in [5.41, 5.74) is 3.82. The van der Waals surface area contributed by atoms with Gasteiger partial charge in [-0.05, 0) is 37.1 Å². The highest BCUT2D eigenvalue weighted by atomic mass is 19.1. The number of aromatic nitrogens is 3. The van der Waals surface area contributed by atoms with E-state index < -0.39 is 5.82 Å². The van der Waals surface area contributed by atoms with Crippen LogP contribution >= 0.6 is 0 Å². The molecule has 1 saturated heterocycles. The number of anilines is 2. The van der Waals surface area contributed by atoms with Crippen LogP contribution in [0.25, 0.3) is 5.69 Å². The van der Waals surface area contributed by atoms with E-state index in [1.54, 1.807) is 41.1 Å². The number of nitrogens with zero attached hydrogens (tertiary/aromatic N) is 5. The smallest absolute Gasteiger partial charge is 0.245 e. The van der Waals surface area contributed by atoms with Crippen molar-refractivity contribution < 1.29 is 8.78 Å². The minimum atomic E-state index is -0.445. The summed E-state index contributed by atoms with van der Waals surface area (Å²) in [4.78, 5) is 10.0. The van der Waals surface area contributed by atoms with Crippen LogP contribution in [0.3, 0.4) is 0 Å². The number of halogens is 2. The Labute approximate surface area is 155 Å². The third kappa shape index (κ3) is 3.64. The van der Waals surface area contributed by atoms with Crippen molar-refractivity contribution in [3.8, 4) is 5.69 Å². The maximum absolute atomic E-state index is 14.0. The van der Waals surface area contributed by atoms with E-state index >= 15 is 0 Å². The molecule has 4 rings (SSSR count). The summed E-state index contributed by atoms with van der Waals surface area (Å²) in [5, 5.41) is 4.11. The van der Waals surface area contributed by atoms with Gasteiger partial charge in [-0.2, -0.15) is 10.1 Å². The average molecular weight is 368 g/mol. The van der Waals surface area contributed by atoms with Gasteiger partial charge < -0.3 is 9.47 Å². The van der Waals surface area contributed by atoms with Crippen molar-refractivity contribution in [2.75, 3.05) is 23.4 Å². The van der Waals surface area contributed by atoms with Gasteiger partial charge in [0.05, 0.1) is 23.8 Å². The van der Waals surface area contributed by atoms with Gasteiger partial charge in [0.2, 0.25) is 5.95 Å². The van der Waals surface area contributed by atoms with E-state index in [2.05, 4.69) is 20.5 Å². The zero-order valence-electron chi connectivity index (χ0n) is 14.5. The predicted molar refractivity (Wildman–Crippen MR) is 100 cm³/mol. The Morgan fingerprint density at radius 3 is 2.67 bits per heavy atom. The molecule has 0 amide bonds. The molecule has 1 fully saturated rings. The first kappa shape index (κ1) is 17.1. The third-order valence-corrected chi connectivity index (χ3v) is 4.38. The maximum Gasteiger partial charge on any atom is 0.245 e. The van der Waals surface area contributed by atoms with Crippen molar-refractivity contribution in [3.63, 3.8) is 0 Å². The van der Waals surface area contributed by atoms with E-state index in [0.29, 0.717) is 11.4 Å². The molecule has 0 atom stereocenters. The lowest BCUT2D eigenvalue weighted by atomic mass is 10.3. The standard InChI is InChI=1S/C19H18F2N6/c20-15-7-1-2-8-17(15)27-11-5-6-14(27)12-23-25-19-22-13-16(21)18(24-19)26-9-3-4-10-26/h1-2,5-8,11-13H,3-4,9-10H2,(H,22,24,25)/b23-12+. The van der Waals surface area contributed by atoms with Crippen LogP contribution in [0.4, 0.5) is 20.5 Å². The number of benzene rings is 1. The minimum absolute atomic E-state index is 0.207. The first-order valence-electron chi connectivity index (χ1n) is 8.71. The summed E-state index contributed by atoms with van der Waals surface area (Å²) < 4.78 is 29.7. The number of para-hydroxylation sites is 1. The van der Waals surface area contributed by atoms with Crippen LogP contribution in [0.1, 0.15) is 18.5 Å². The Bertz CT molecular complexity index is 962. The second-order valence-corrected chi connectivity index (χ2v) is 6.18. The van der Waals surface area contributed by atoms with Crippen LogP contribution in [0.15, 0.2) is 53.9 Å². The minimum Gasteiger partial charge on any atom is -0.354 e. The number of hydrazone groups is 1. The molecule has 0 bridgehead atoms. The summed E-state index contributed by atoms with van der Waals surface area (Å²) in [6.45, 7) is 1.57. The van der Waals surface area contributed by atoms with Crippen molar-refractivity contribution in [1.82, 2.24) is 14.5 Å². The van der Waals surface area contributed by atoms with Crippen molar-refractivity contribution in [1.29, 1.82) is 0 Å². The molecule has 1 aliphatic rings. The van der Waals surface area contributed by atoms with Crippen LogP contribution < -0.4 is 10.3 Å². The van der Waals surface area contributed by atoms with Crippen LogP contribution in [-0.2, 0) is 0 Å². The molecule has 0 spiro atoms. The quantitative estimate of drug-likeness (QED) is 0.552. The van der Waals surface area contributed by atoms with Crippen molar-refractivity contribution in [2.45, 2.75) is 12.8 Å². The molecule has 0 aliphatic carbocycles. The molecule has 8 heteroatoms. The zero-order valence-corrected chi connectivity index (χ0v) is 14.5. The van der Waals surface area contributed by atoms with Gasteiger partial charge in [-0.15, -0.1) is 0 Å². The topological polar surface area (TPSA) is 58.3 Å². The van der Waals surface area contributed by atoms with Gasteiger partial charge >= 0.3 is 0 Å². The van der Waals surface area contributed by atoms with Gasteiger partial charge in [0.25, 0.3) is 0 Å². The highest BCUT2D eigenvalue weighted by Crippen LogP contribution is 2.22. The highest BCUT2D eigenvalue weighted by molar-refractivity contribution is 5.79. The number of hydrogen-bond acceptors (Lipinski definition) is 5. The van der Waals surface area contributed by atoms with Crippen LogP contribution in [0, 0.1) is 11.6 Å². The van der Waals surface area contributed by atoms with E-state index in [1.807, 2.05) is 4.90 Å². The molecule has 1 aromatic carbocycles. The van der Waals surface area contributed by atoms with E-state index in [4.69, 9.17) is 0 Å². The summed E-state index contributed by atoms with van der Waals surface area (Å²) in [6, 6.07) is 10.1. The molecule has 0 saturated carbocycles. The van der Waals surface area contributed by atoms with E-state index in [-0.39, 0.29) is 17.6 Å². The summed E-state index contributed by atoms with van der Waals surface area (Å²) in [7, 11) is 0. The first-order chi connectivity index (χ1) is 13.2. The summed E-state index contributed by atoms with van der Waals surface area (Å²) in [6.07, 6.45) is 6.48. The summed E-state index contributed by atoms with van der Waals surface area (Å²) >= 11 is 0. The molecule has 0 radical (unpaired) electrons. The highest BCUT2D eigenvalue weighted by Gasteiger charge is 2.18. The van der Waals surface area contributed by atoms with Gasteiger partial charge in [-0.1, -0.05) is 12.1 Å².